The molecule has 0 N–H and O–H groups in total. The third-order valence-corrected chi connectivity index (χ3v) is 7.39. The van der Waals surface area contributed by atoms with Crippen molar-refractivity contribution in [1.29, 1.82) is 0 Å². The van der Waals surface area contributed by atoms with Gasteiger partial charge in [-0.05, 0) is 39.3 Å². The molecule has 0 atom stereocenters. The van der Waals surface area contributed by atoms with Crippen molar-refractivity contribution in [1.82, 2.24) is 8.96 Å². The number of pyridine rings is 1. The lowest BCUT2D eigenvalue weighted by atomic mass is 9.79. The normalized spacial score (nSPS) is 18.4. The summed E-state index contributed by atoms with van der Waals surface area (Å²) in [5, 5.41) is 1.00. The van der Waals surface area contributed by atoms with Crippen molar-refractivity contribution >= 4 is 45.2 Å². The van der Waals surface area contributed by atoms with Gasteiger partial charge in [0.1, 0.15) is 0 Å². The summed E-state index contributed by atoms with van der Waals surface area (Å²) in [5.74, 6) is -0.148. The van der Waals surface area contributed by atoms with Crippen molar-refractivity contribution in [3.8, 4) is 0 Å². The SMILES string of the molecule is CC1(C)OB(c2cn(S(=O)(=O)Cc3ccccc3)c3ncc(Cl)cc23)OC1(C)C. The summed E-state index contributed by atoms with van der Waals surface area (Å²) >= 11 is 6.16. The van der Waals surface area contributed by atoms with Crippen LogP contribution >= 0.6 is 11.6 Å². The molecule has 0 spiro atoms. The second-order valence-electron chi connectivity index (χ2n) is 8.24. The number of benzene rings is 1. The lowest BCUT2D eigenvalue weighted by molar-refractivity contribution is 0.00578. The van der Waals surface area contributed by atoms with Crippen molar-refractivity contribution in [3.63, 3.8) is 0 Å². The van der Waals surface area contributed by atoms with Crippen LogP contribution in [0.1, 0.15) is 33.3 Å². The van der Waals surface area contributed by atoms with Crippen molar-refractivity contribution in [2.24, 2.45) is 0 Å². The molecule has 0 radical (unpaired) electrons. The van der Waals surface area contributed by atoms with Gasteiger partial charge in [0, 0.05) is 23.2 Å². The summed E-state index contributed by atoms with van der Waals surface area (Å²) in [6.07, 6.45) is 2.97. The van der Waals surface area contributed by atoms with Crippen molar-refractivity contribution < 1.29 is 17.7 Å². The molecule has 1 aliphatic heterocycles. The number of hydrogen-bond acceptors (Lipinski definition) is 5. The maximum atomic E-state index is 13.2. The molecule has 0 saturated carbocycles. The number of fused-ring (bicyclic) bond motifs is 1. The van der Waals surface area contributed by atoms with Crippen LogP contribution in [0.25, 0.3) is 11.0 Å². The van der Waals surface area contributed by atoms with Gasteiger partial charge in [-0.25, -0.2) is 17.4 Å². The molecule has 0 unspecified atom stereocenters. The summed E-state index contributed by atoms with van der Waals surface area (Å²) in [5.41, 5.74) is 0.475. The average molecular weight is 433 g/mol. The fraction of sp³-hybridized carbons (Fsp3) is 0.350. The van der Waals surface area contributed by atoms with Crippen LogP contribution in [-0.2, 0) is 25.1 Å². The molecule has 1 aromatic carbocycles. The fourth-order valence-corrected chi connectivity index (χ4v) is 4.90. The van der Waals surface area contributed by atoms with Crippen molar-refractivity contribution in [3.05, 3.63) is 59.4 Å². The largest absolute Gasteiger partial charge is 0.497 e. The molecule has 0 aliphatic carbocycles. The molecule has 152 valence electrons. The van der Waals surface area contributed by atoms with Crippen molar-refractivity contribution in [2.45, 2.75) is 44.6 Å². The zero-order valence-electron chi connectivity index (χ0n) is 16.7. The third kappa shape index (κ3) is 3.59. The Labute approximate surface area is 176 Å². The van der Waals surface area contributed by atoms with Gasteiger partial charge < -0.3 is 9.31 Å². The Balaban J connectivity index is 1.83. The molecular weight excluding hydrogens is 411 g/mol. The first kappa shape index (κ1) is 20.4. The van der Waals surface area contributed by atoms with Crippen LogP contribution in [-0.4, -0.2) is 35.7 Å². The quantitative estimate of drug-likeness (QED) is 0.591. The Morgan fingerprint density at radius 3 is 2.34 bits per heavy atom. The molecule has 2 aromatic heterocycles. The molecular formula is C20H22BClN2O4S. The summed E-state index contributed by atoms with van der Waals surface area (Å²) in [4.78, 5) is 4.29. The minimum Gasteiger partial charge on any atom is -0.399 e. The molecule has 6 nitrogen and oxygen atoms in total. The Morgan fingerprint density at radius 2 is 1.72 bits per heavy atom. The minimum atomic E-state index is -3.72. The molecule has 4 rings (SSSR count). The lowest BCUT2D eigenvalue weighted by Crippen LogP contribution is -2.41. The van der Waals surface area contributed by atoms with Gasteiger partial charge in [0.15, 0.2) is 5.65 Å². The van der Waals surface area contributed by atoms with Gasteiger partial charge in [-0.1, -0.05) is 41.9 Å². The van der Waals surface area contributed by atoms with Crippen LogP contribution in [0.3, 0.4) is 0 Å². The summed E-state index contributed by atoms with van der Waals surface area (Å²) in [6.45, 7) is 7.79. The molecule has 0 bridgehead atoms. The number of halogens is 1. The maximum Gasteiger partial charge on any atom is 0.497 e. The molecule has 3 aromatic rings. The molecule has 29 heavy (non-hydrogen) atoms. The zero-order valence-corrected chi connectivity index (χ0v) is 18.3. The fourth-order valence-electron chi connectivity index (χ4n) is 3.30. The van der Waals surface area contributed by atoms with E-state index >= 15 is 0 Å². The molecule has 3 heterocycles. The van der Waals surface area contributed by atoms with Gasteiger partial charge in [0.25, 0.3) is 0 Å². The standard InChI is InChI=1S/C20H22BClN2O4S/c1-19(2)20(3,4)28-21(27-19)17-12-24(18-16(17)10-15(22)11-23-18)29(25,26)13-14-8-6-5-7-9-14/h5-12H,13H2,1-4H3. The predicted octanol–water partition coefficient (Wildman–Crippen LogP) is 3.37. The highest BCUT2D eigenvalue weighted by Gasteiger charge is 2.52. The number of nitrogens with zero attached hydrogens (tertiary/aromatic N) is 2. The highest BCUT2D eigenvalue weighted by Crippen LogP contribution is 2.37. The average Bonchev–Trinajstić information content (AvgIpc) is 3.10. The van der Waals surface area contributed by atoms with Crippen LogP contribution in [0.15, 0.2) is 48.8 Å². The highest BCUT2D eigenvalue weighted by atomic mass is 35.5. The summed E-state index contributed by atoms with van der Waals surface area (Å²) in [6, 6.07) is 10.7. The topological polar surface area (TPSA) is 70.4 Å². The van der Waals surface area contributed by atoms with Crippen LogP contribution in [0, 0.1) is 0 Å². The van der Waals surface area contributed by atoms with E-state index in [0.29, 0.717) is 27.1 Å². The molecule has 0 amide bonds. The molecule has 1 aliphatic rings. The third-order valence-electron chi connectivity index (χ3n) is 5.61. The summed E-state index contributed by atoms with van der Waals surface area (Å²) in [7, 11) is -4.45. The van der Waals surface area contributed by atoms with Crippen LogP contribution in [0.5, 0.6) is 0 Å². The number of rotatable bonds is 4. The zero-order chi connectivity index (χ0) is 21.0. The van der Waals surface area contributed by atoms with Crippen LogP contribution in [0.4, 0.5) is 0 Å². The Bertz CT molecular complexity index is 1160. The van der Waals surface area contributed by atoms with E-state index in [9.17, 15) is 8.42 Å². The van der Waals surface area contributed by atoms with Gasteiger partial charge in [-0.3, -0.25) is 0 Å². The Kier molecular flexibility index (Phi) is 4.81. The van der Waals surface area contributed by atoms with Gasteiger partial charge in [-0.15, -0.1) is 0 Å². The Morgan fingerprint density at radius 1 is 1.10 bits per heavy atom. The van der Waals surface area contributed by atoms with Gasteiger partial charge >= 0.3 is 7.12 Å². The number of aromatic nitrogens is 2. The van der Waals surface area contributed by atoms with E-state index in [2.05, 4.69) is 4.98 Å². The van der Waals surface area contributed by atoms with Gasteiger partial charge in [0.2, 0.25) is 10.0 Å². The minimum absolute atomic E-state index is 0.148. The van der Waals surface area contributed by atoms with Gasteiger partial charge in [-0.2, -0.15) is 0 Å². The van der Waals surface area contributed by atoms with E-state index in [-0.39, 0.29) is 5.75 Å². The van der Waals surface area contributed by atoms with E-state index in [4.69, 9.17) is 20.9 Å². The maximum absolute atomic E-state index is 13.2. The smallest absolute Gasteiger partial charge is 0.399 e. The molecule has 9 heteroatoms. The van der Waals surface area contributed by atoms with Crippen LogP contribution in [0.2, 0.25) is 5.02 Å². The first-order chi connectivity index (χ1) is 13.5. The monoisotopic (exact) mass is 432 g/mol. The second kappa shape index (κ2) is 6.84. The van der Waals surface area contributed by atoms with Gasteiger partial charge in [0.05, 0.1) is 22.0 Å². The predicted molar refractivity (Wildman–Crippen MR) is 115 cm³/mol. The molecule has 1 fully saturated rings. The lowest BCUT2D eigenvalue weighted by Gasteiger charge is -2.32. The van der Waals surface area contributed by atoms with E-state index in [1.807, 2.05) is 45.9 Å². The number of hydrogen-bond donors (Lipinski definition) is 0. The summed E-state index contributed by atoms with van der Waals surface area (Å²) < 4.78 is 39.9. The van der Waals surface area contributed by atoms with E-state index in [0.717, 1.165) is 0 Å². The Hall–Kier alpha value is -1.87. The van der Waals surface area contributed by atoms with E-state index < -0.39 is 28.3 Å². The molecule has 1 saturated heterocycles. The second-order valence-corrected chi connectivity index (χ2v) is 10.5. The van der Waals surface area contributed by atoms with Crippen LogP contribution < -0.4 is 5.46 Å². The highest BCUT2D eigenvalue weighted by molar-refractivity contribution is 7.89. The van der Waals surface area contributed by atoms with E-state index in [1.54, 1.807) is 18.2 Å². The van der Waals surface area contributed by atoms with E-state index in [1.165, 1.54) is 16.4 Å². The first-order valence-corrected chi connectivity index (χ1v) is 11.3. The van der Waals surface area contributed by atoms with Crippen molar-refractivity contribution in [2.75, 3.05) is 0 Å². The first-order valence-electron chi connectivity index (χ1n) is 9.29.